The van der Waals surface area contributed by atoms with E-state index in [1.165, 1.54) is 0 Å². The summed E-state index contributed by atoms with van der Waals surface area (Å²) >= 11 is 3.50. The molecule has 0 bridgehead atoms. The summed E-state index contributed by atoms with van der Waals surface area (Å²) in [6, 6.07) is 15.9. The summed E-state index contributed by atoms with van der Waals surface area (Å²) in [6.07, 6.45) is 3.05. The second-order valence-corrected chi connectivity index (χ2v) is 7.55. The topological polar surface area (TPSA) is 56.2 Å². The molecule has 2 heterocycles. The molecule has 138 valence electrons. The highest BCUT2D eigenvalue weighted by Gasteiger charge is 2.25. The van der Waals surface area contributed by atoms with Crippen LogP contribution >= 0.6 is 15.9 Å². The van der Waals surface area contributed by atoms with E-state index in [1.807, 2.05) is 43.4 Å². The number of hydrogen-bond donors (Lipinski definition) is 1. The number of fused-ring (bicyclic) bond motifs is 1. The van der Waals surface area contributed by atoms with Crippen molar-refractivity contribution in [2.45, 2.75) is 18.9 Å². The molecule has 0 saturated carbocycles. The minimum absolute atomic E-state index is 0.0801. The Hall–Kier alpha value is -2.60. The van der Waals surface area contributed by atoms with Gasteiger partial charge in [-0.2, -0.15) is 5.10 Å². The Morgan fingerprint density at radius 3 is 2.93 bits per heavy atom. The Morgan fingerprint density at radius 2 is 2.11 bits per heavy atom. The number of aryl methyl sites for hydroxylation is 1. The highest BCUT2D eigenvalue weighted by molar-refractivity contribution is 9.10. The molecule has 0 fully saturated rings. The quantitative estimate of drug-likeness (QED) is 0.686. The number of aromatic nitrogens is 2. The van der Waals surface area contributed by atoms with Crippen LogP contribution in [0.2, 0.25) is 0 Å². The van der Waals surface area contributed by atoms with Crippen LogP contribution in [0.25, 0.3) is 0 Å². The Morgan fingerprint density at radius 1 is 1.30 bits per heavy atom. The predicted molar refractivity (Wildman–Crippen MR) is 107 cm³/mol. The van der Waals surface area contributed by atoms with Gasteiger partial charge in [-0.25, -0.2) is 0 Å². The average molecular weight is 426 g/mol. The van der Waals surface area contributed by atoms with Crippen molar-refractivity contribution in [1.82, 2.24) is 15.1 Å². The Bertz CT molecular complexity index is 969. The van der Waals surface area contributed by atoms with Gasteiger partial charge in [0.1, 0.15) is 5.75 Å². The highest BCUT2D eigenvalue weighted by Crippen LogP contribution is 2.34. The number of benzene rings is 2. The molecule has 6 heteroatoms. The molecule has 3 aromatic rings. The number of rotatable bonds is 4. The van der Waals surface area contributed by atoms with Crippen LogP contribution in [-0.4, -0.2) is 22.3 Å². The fourth-order valence-electron chi connectivity index (χ4n) is 3.40. The van der Waals surface area contributed by atoms with E-state index < -0.39 is 0 Å². The van der Waals surface area contributed by atoms with E-state index >= 15 is 0 Å². The molecule has 5 nitrogen and oxygen atoms in total. The van der Waals surface area contributed by atoms with Crippen LogP contribution in [0.1, 0.15) is 39.6 Å². The van der Waals surface area contributed by atoms with Crippen LogP contribution < -0.4 is 10.1 Å². The number of carbonyl (C=O) groups excluding carboxylic acids is 1. The molecule has 0 unspecified atom stereocenters. The van der Waals surface area contributed by atoms with Gasteiger partial charge >= 0.3 is 0 Å². The van der Waals surface area contributed by atoms with Crippen LogP contribution in [0, 0.1) is 0 Å². The summed E-state index contributed by atoms with van der Waals surface area (Å²) in [5, 5.41) is 7.47. The SMILES string of the molecule is Cn1ncc(C(=O)N[C@H]2CCOc3ccc(Br)cc32)c1Cc1ccccc1. The van der Waals surface area contributed by atoms with E-state index in [0.717, 1.165) is 33.5 Å². The van der Waals surface area contributed by atoms with Crippen LogP contribution in [0.5, 0.6) is 5.75 Å². The van der Waals surface area contributed by atoms with Gasteiger partial charge in [0, 0.05) is 29.9 Å². The number of amides is 1. The molecule has 0 radical (unpaired) electrons. The maximum Gasteiger partial charge on any atom is 0.255 e. The van der Waals surface area contributed by atoms with Crippen molar-refractivity contribution in [3.63, 3.8) is 0 Å². The van der Waals surface area contributed by atoms with Gasteiger partial charge in [-0.3, -0.25) is 9.48 Å². The summed E-state index contributed by atoms with van der Waals surface area (Å²) < 4.78 is 8.46. The lowest BCUT2D eigenvalue weighted by molar-refractivity contribution is 0.0924. The van der Waals surface area contributed by atoms with Crippen molar-refractivity contribution < 1.29 is 9.53 Å². The monoisotopic (exact) mass is 425 g/mol. The number of halogens is 1. The van der Waals surface area contributed by atoms with Crippen LogP contribution in [0.3, 0.4) is 0 Å². The molecule has 1 amide bonds. The zero-order valence-electron chi connectivity index (χ0n) is 15.0. The fraction of sp³-hybridized carbons (Fsp3) is 0.238. The lowest BCUT2D eigenvalue weighted by Gasteiger charge is -2.27. The molecule has 0 spiro atoms. The third kappa shape index (κ3) is 3.76. The molecule has 1 aromatic heterocycles. The molecule has 1 aliphatic rings. The zero-order chi connectivity index (χ0) is 18.8. The van der Waals surface area contributed by atoms with Gasteiger partial charge in [-0.15, -0.1) is 0 Å². The molecule has 0 saturated heterocycles. The normalized spacial score (nSPS) is 15.7. The number of nitrogens with zero attached hydrogens (tertiary/aromatic N) is 2. The zero-order valence-corrected chi connectivity index (χ0v) is 16.6. The fourth-order valence-corrected chi connectivity index (χ4v) is 3.78. The molecule has 1 atom stereocenters. The van der Waals surface area contributed by atoms with Gasteiger partial charge < -0.3 is 10.1 Å². The number of carbonyl (C=O) groups is 1. The van der Waals surface area contributed by atoms with Gasteiger partial charge in [0.25, 0.3) is 5.91 Å². The first-order valence-corrected chi connectivity index (χ1v) is 9.69. The summed E-state index contributed by atoms with van der Waals surface area (Å²) in [6.45, 7) is 0.587. The van der Waals surface area contributed by atoms with Gasteiger partial charge in [-0.1, -0.05) is 46.3 Å². The summed E-state index contributed by atoms with van der Waals surface area (Å²) in [7, 11) is 1.87. The molecular formula is C21H20BrN3O2. The second kappa shape index (κ2) is 7.56. The average Bonchev–Trinajstić information content (AvgIpc) is 3.04. The van der Waals surface area contributed by atoms with Crippen molar-refractivity contribution in [3.8, 4) is 5.75 Å². The lowest BCUT2D eigenvalue weighted by Crippen LogP contribution is -2.32. The second-order valence-electron chi connectivity index (χ2n) is 6.64. The first kappa shape index (κ1) is 17.8. The third-order valence-corrected chi connectivity index (χ3v) is 5.33. The number of ether oxygens (including phenoxy) is 1. The summed E-state index contributed by atoms with van der Waals surface area (Å²) in [5.41, 5.74) is 3.66. The lowest BCUT2D eigenvalue weighted by atomic mass is 10.00. The van der Waals surface area contributed by atoms with Crippen molar-refractivity contribution in [1.29, 1.82) is 0 Å². The Kier molecular flexibility index (Phi) is 4.99. The minimum atomic E-state index is -0.105. The molecule has 1 aliphatic heterocycles. The third-order valence-electron chi connectivity index (χ3n) is 4.84. The van der Waals surface area contributed by atoms with Gasteiger partial charge in [-0.05, 0) is 23.8 Å². The summed E-state index contributed by atoms with van der Waals surface area (Å²) in [5.74, 6) is 0.720. The van der Waals surface area contributed by atoms with Crippen molar-refractivity contribution >= 4 is 21.8 Å². The van der Waals surface area contributed by atoms with Gasteiger partial charge in [0.05, 0.1) is 30.1 Å². The Balaban J connectivity index is 1.58. The largest absolute Gasteiger partial charge is 0.493 e. The van der Waals surface area contributed by atoms with Crippen molar-refractivity contribution in [2.24, 2.45) is 7.05 Å². The highest BCUT2D eigenvalue weighted by atomic mass is 79.9. The predicted octanol–water partition coefficient (Wildman–Crippen LogP) is 4.03. The molecule has 27 heavy (non-hydrogen) atoms. The van der Waals surface area contributed by atoms with Crippen LogP contribution in [0.15, 0.2) is 59.2 Å². The van der Waals surface area contributed by atoms with Crippen molar-refractivity contribution in [2.75, 3.05) is 6.61 Å². The number of hydrogen-bond acceptors (Lipinski definition) is 3. The van der Waals surface area contributed by atoms with E-state index in [4.69, 9.17) is 4.74 Å². The maximum atomic E-state index is 13.0. The van der Waals surface area contributed by atoms with E-state index in [1.54, 1.807) is 10.9 Å². The molecule has 1 N–H and O–H groups in total. The first-order valence-electron chi connectivity index (χ1n) is 8.90. The standard InChI is InChI=1S/C21H20BrN3O2/c1-25-19(11-14-5-3-2-4-6-14)17(13-23-25)21(26)24-18-9-10-27-20-8-7-15(22)12-16(18)20/h2-8,12-13,18H,9-11H2,1H3,(H,24,26)/t18-/m0/s1. The Labute approximate surface area is 166 Å². The minimum Gasteiger partial charge on any atom is -0.493 e. The van der Waals surface area contributed by atoms with Crippen LogP contribution in [-0.2, 0) is 13.5 Å². The first-order chi connectivity index (χ1) is 13.1. The summed E-state index contributed by atoms with van der Waals surface area (Å²) in [4.78, 5) is 13.0. The van der Waals surface area contributed by atoms with E-state index in [9.17, 15) is 4.79 Å². The molecule has 2 aromatic carbocycles. The van der Waals surface area contributed by atoms with E-state index in [-0.39, 0.29) is 11.9 Å². The van der Waals surface area contributed by atoms with Gasteiger partial charge in [0.15, 0.2) is 0 Å². The maximum absolute atomic E-state index is 13.0. The molecule has 4 rings (SSSR count). The van der Waals surface area contributed by atoms with Gasteiger partial charge in [0.2, 0.25) is 0 Å². The van der Waals surface area contributed by atoms with E-state index in [0.29, 0.717) is 18.6 Å². The smallest absolute Gasteiger partial charge is 0.255 e. The van der Waals surface area contributed by atoms with E-state index in [2.05, 4.69) is 38.5 Å². The van der Waals surface area contributed by atoms with Crippen molar-refractivity contribution in [3.05, 3.63) is 81.6 Å². The molecular weight excluding hydrogens is 406 g/mol. The van der Waals surface area contributed by atoms with Crippen LogP contribution in [0.4, 0.5) is 0 Å². The molecule has 0 aliphatic carbocycles. The number of nitrogens with one attached hydrogen (secondary N) is 1.